The zero-order chi connectivity index (χ0) is 21.3. The molecule has 7 atom stereocenters. The summed E-state index contributed by atoms with van der Waals surface area (Å²) in [6.45, 7) is 4.72. The minimum Gasteiger partial charge on any atom is -0.508 e. The molecule has 0 spiro atoms. The maximum atomic E-state index is 13.4. The van der Waals surface area contributed by atoms with E-state index in [0.717, 1.165) is 38.5 Å². The Kier molecular flexibility index (Phi) is 4.43. The summed E-state index contributed by atoms with van der Waals surface area (Å²) in [5.74, 6) is 2.32. The number of phenols is 1. The molecule has 3 aliphatic carbocycles. The van der Waals surface area contributed by atoms with E-state index >= 15 is 0 Å². The normalized spacial score (nSPS) is 42.4. The first-order chi connectivity index (χ1) is 14.3. The lowest BCUT2D eigenvalue weighted by molar-refractivity contribution is -0.138. The van der Waals surface area contributed by atoms with Crippen molar-refractivity contribution in [3.8, 4) is 5.75 Å². The van der Waals surface area contributed by atoms with E-state index in [4.69, 9.17) is 0 Å². The van der Waals surface area contributed by atoms with Gasteiger partial charge in [-0.3, -0.25) is 9.59 Å². The van der Waals surface area contributed by atoms with Gasteiger partial charge >= 0.3 is 0 Å². The Bertz CT molecular complexity index is 923. The number of aromatic hydroxyl groups is 1. The van der Waals surface area contributed by atoms with Crippen LogP contribution < -0.4 is 0 Å². The van der Waals surface area contributed by atoms with Crippen LogP contribution in [0.2, 0.25) is 0 Å². The molecule has 0 saturated heterocycles. The van der Waals surface area contributed by atoms with E-state index < -0.39 is 0 Å². The Balaban J connectivity index is 1.44. The quantitative estimate of drug-likeness (QED) is 0.715. The van der Waals surface area contributed by atoms with Crippen LogP contribution in [0.3, 0.4) is 0 Å². The number of nitrogens with zero attached hydrogens (tertiary/aromatic N) is 1. The zero-order valence-corrected chi connectivity index (χ0v) is 18.3. The van der Waals surface area contributed by atoms with Crippen LogP contribution in [-0.2, 0) is 4.79 Å². The average molecular weight is 408 g/mol. The maximum Gasteiger partial charge on any atom is 0.246 e. The van der Waals surface area contributed by atoms with Crippen LogP contribution in [0, 0.1) is 34.5 Å². The molecule has 3 saturated carbocycles. The van der Waals surface area contributed by atoms with Crippen LogP contribution in [0.5, 0.6) is 5.75 Å². The van der Waals surface area contributed by atoms with Gasteiger partial charge in [0.1, 0.15) is 5.75 Å². The minimum atomic E-state index is 0.0347. The Labute approximate surface area is 179 Å². The van der Waals surface area contributed by atoms with Gasteiger partial charge in [-0.25, -0.2) is 0 Å². The minimum absolute atomic E-state index is 0.0347. The van der Waals surface area contributed by atoms with Gasteiger partial charge in [0.25, 0.3) is 0 Å². The van der Waals surface area contributed by atoms with E-state index in [2.05, 4.69) is 19.9 Å². The number of ketones is 1. The highest BCUT2D eigenvalue weighted by molar-refractivity contribution is 5.99. The van der Waals surface area contributed by atoms with E-state index in [0.29, 0.717) is 29.4 Å². The van der Waals surface area contributed by atoms with Gasteiger partial charge in [-0.05, 0) is 79.9 Å². The summed E-state index contributed by atoms with van der Waals surface area (Å²) in [4.78, 5) is 27.6. The number of benzene rings is 1. The topological polar surface area (TPSA) is 57.6 Å². The van der Waals surface area contributed by atoms with Crippen LogP contribution in [0.1, 0.15) is 62.7 Å². The second-order valence-electron chi connectivity index (χ2n) is 10.7. The number of hydrogen-bond donors (Lipinski definition) is 1. The molecule has 2 unspecified atom stereocenters. The summed E-state index contributed by atoms with van der Waals surface area (Å²) in [7, 11) is 1.96. The summed E-state index contributed by atoms with van der Waals surface area (Å²) in [5, 5.41) is 9.85. The SMILES string of the molecule is CN1C(=O)C=C[C@@]2(C)C1CC[C@@H]1[C@H]2CC[C@]2(C)C(C(=O)c3cccc(O)c3)CC[C@@H]12. The molecule has 0 bridgehead atoms. The number of fused-ring (bicyclic) bond motifs is 5. The fourth-order valence-electron chi connectivity index (χ4n) is 8.03. The Morgan fingerprint density at radius 1 is 1.10 bits per heavy atom. The summed E-state index contributed by atoms with van der Waals surface area (Å²) < 4.78 is 0. The third-order valence-corrected chi connectivity index (χ3v) is 9.57. The van der Waals surface area contributed by atoms with Gasteiger partial charge in [-0.2, -0.15) is 0 Å². The highest BCUT2D eigenvalue weighted by Gasteiger charge is 2.61. The predicted octanol–water partition coefficient (Wildman–Crippen LogP) is 4.83. The van der Waals surface area contributed by atoms with Crippen molar-refractivity contribution in [1.82, 2.24) is 4.90 Å². The van der Waals surface area contributed by atoms with Crippen molar-refractivity contribution in [2.24, 2.45) is 34.5 Å². The standard InChI is InChI=1S/C26H33NO3/c1-25-13-11-20-18(7-10-22-26(20,2)14-12-23(29)27(22)3)19(25)8-9-21(25)24(30)16-5-4-6-17(28)15-16/h4-6,12,14-15,18-22,28H,7-11,13H2,1-3H3/t18-,19-,20+,21?,22?,25-,26+/m0/s1. The number of amides is 1. The first-order valence-corrected chi connectivity index (χ1v) is 11.5. The van der Waals surface area contributed by atoms with Crippen LogP contribution >= 0.6 is 0 Å². The fourth-order valence-corrected chi connectivity index (χ4v) is 8.03. The molecule has 1 heterocycles. The molecule has 4 aliphatic rings. The maximum absolute atomic E-state index is 13.4. The van der Waals surface area contributed by atoms with Crippen molar-refractivity contribution in [1.29, 1.82) is 0 Å². The molecule has 30 heavy (non-hydrogen) atoms. The van der Waals surface area contributed by atoms with Gasteiger partial charge in [0.05, 0.1) is 0 Å². The summed E-state index contributed by atoms with van der Waals surface area (Å²) >= 11 is 0. The molecule has 4 nitrogen and oxygen atoms in total. The number of likely N-dealkylation sites (N-methyl/N-ethyl adjacent to an activating group) is 1. The van der Waals surface area contributed by atoms with E-state index in [1.807, 2.05) is 18.0 Å². The highest BCUT2D eigenvalue weighted by atomic mass is 16.3. The molecule has 160 valence electrons. The Morgan fingerprint density at radius 2 is 1.90 bits per heavy atom. The Morgan fingerprint density at radius 3 is 2.67 bits per heavy atom. The molecule has 5 rings (SSSR count). The summed E-state index contributed by atoms with van der Waals surface area (Å²) in [6, 6.07) is 7.16. The smallest absolute Gasteiger partial charge is 0.246 e. The van der Waals surface area contributed by atoms with Crippen molar-refractivity contribution in [2.75, 3.05) is 7.05 Å². The number of rotatable bonds is 2. The van der Waals surface area contributed by atoms with Crippen molar-refractivity contribution in [3.63, 3.8) is 0 Å². The van der Waals surface area contributed by atoms with Crippen LogP contribution in [-0.4, -0.2) is 34.8 Å². The van der Waals surface area contributed by atoms with E-state index in [9.17, 15) is 14.7 Å². The second kappa shape index (κ2) is 6.70. The van der Waals surface area contributed by atoms with Crippen molar-refractivity contribution in [2.45, 2.75) is 58.4 Å². The first-order valence-electron chi connectivity index (χ1n) is 11.5. The highest BCUT2D eigenvalue weighted by Crippen LogP contribution is 2.65. The number of hydrogen-bond acceptors (Lipinski definition) is 3. The molecular weight excluding hydrogens is 374 g/mol. The fraction of sp³-hybridized carbons (Fsp3) is 0.615. The van der Waals surface area contributed by atoms with E-state index in [-0.39, 0.29) is 34.2 Å². The third-order valence-electron chi connectivity index (χ3n) is 9.57. The van der Waals surface area contributed by atoms with Gasteiger partial charge in [0.15, 0.2) is 5.78 Å². The molecule has 3 fully saturated rings. The molecule has 0 aromatic heterocycles. The lowest BCUT2D eigenvalue weighted by atomic mass is 9.47. The zero-order valence-electron chi connectivity index (χ0n) is 18.3. The average Bonchev–Trinajstić information content (AvgIpc) is 3.08. The number of phenolic OH excluding ortho intramolecular Hbond substituents is 1. The second-order valence-corrected chi connectivity index (χ2v) is 10.7. The van der Waals surface area contributed by atoms with Crippen LogP contribution in [0.15, 0.2) is 36.4 Å². The molecule has 1 N–H and O–H groups in total. The first kappa shape index (κ1) is 19.8. The number of carbonyl (C=O) groups is 2. The Hall–Kier alpha value is -2.10. The molecule has 1 aliphatic heterocycles. The molecule has 0 radical (unpaired) electrons. The van der Waals surface area contributed by atoms with Gasteiger partial charge in [-0.15, -0.1) is 0 Å². The van der Waals surface area contributed by atoms with Crippen molar-refractivity contribution in [3.05, 3.63) is 42.0 Å². The molecule has 1 amide bonds. The number of carbonyl (C=O) groups excluding carboxylic acids is 2. The monoisotopic (exact) mass is 407 g/mol. The summed E-state index contributed by atoms with van der Waals surface area (Å²) in [5.41, 5.74) is 0.725. The van der Waals surface area contributed by atoms with Crippen LogP contribution in [0.25, 0.3) is 0 Å². The lowest BCUT2D eigenvalue weighted by Gasteiger charge is -2.60. The molecular formula is C26H33NO3. The van der Waals surface area contributed by atoms with Gasteiger partial charge in [-0.1, -0.05) is 32.1 Å². The van der Waals surface area contributed by atoms with E-state index in [1.165, 1.54) is 0 Å². The number of Topliss-reactive ketones (excluding diaryl/α,β-unsaturated/α-hetero) is 1. The third kappa shape index (κ3) is 2.65. The molecule has 1 aromatic carbocycles. The molecule has 1 aromatic rings. The van der Waals surface area contributed by atoms with E-state index in [1.54, 1.807) is 24.3 Å². The van der Waals surface area contributed by atoms with Crippen molar-refractivity contribution < 1.29 is 14.7 Å². The van der Waals surface area contributed by atoms with Gasteiger partial charge in [0, 0.05) is 30.0 Å². The molecule has 4 heteroatoms. The predicted molar refractivity (Wildman–Crippen MR) is 116 cm³/mol. The lowest BCUT2D eigenvalue weighted by Crippen LogP contribution is -2.59. The van der Waals surface area contributed by atoms with Crippen molar-refractivity contribution >= 4 is 11.7 Å². The van der Waals surface area contributed by atoms with Gasteiger partial charge in [0.2, 0.25) is 5.91 Å². The largest absolute Gasteiger partial charge is 0.508 e. The van der Waals surface area contributed by atoms with Gasteiger partial charge < -0.3 is 10.0 Å². The van der Waals surface area contributed by atoms with Crippen LogP contribution in [0.4, 0.5) is 0 Å². The summed E-state index contributed by atoms with van der Waals surface area (Å²) in [6.07, 6.45) is 10.5.